The second-order valence-corrected chi connectivity index (χ2v) is 3.36. The average molecular weight is 258 g/mol. The minimum atomic E-state index is -0.580. The molecule has 6 heteroatoms. The summed E-state index contributed by atoms with van der Waals surface area (Å²) in [5.41, 5.74) is 5.30. The quantitative estimate of drug-likeness (QED) is 0.803. The minimum absolute atomic E-state index is 0.173. The number of rotatable bonds is 3. The van der Waals surface area contributed by atoms with Gasteiger partial charge in [0.25, 0.3) is 5.91 Å². The maximum absolute atomic E-state index is 11.4. The van der Waals surface area contributed by atoms with Crippen molar-refractivity contribution < 1.29 is 9.59 Å². The van der Waals surface area contributed by atoms with Gasteiger partial charge in [0, 0.05) is 16.9 Å². The van der Waals surface area contributed by atoms with Crippen molar-refractivity contribution in [3.05, 3.63) is 28.5 Å². The summed E-state index contributed by atoms with van der Waals surface area (Å²) in [4.78, 5) is 25.6. The van der Waals surface area contributed by atoms with E-state index in [1.165, 1.54) is 12.4 Å². The maximum atomic E-state index is 11.4. The Morgan fingerprint density at radius 1 is 1.57 bits per heavy atom. The van der Waals surface area contributed by atoms with Gasteiger partial charge in [-0.15, -0.1) is 0 Å². The lowest BCUT2D eigenvalue weighted by atomic mass is 10.2. The van der Waals surface area contributed by atoms with E-state index in [0.29, 0.717) is 10.0 Å². The van der Waals surface area contributed by atoms with Crippen LogP contribution >= 0.6 is 15.9 Å². The zero-order valence-electron chi connectivity index (χ0n) is 7.16. The molecule has 0 aromatic carbocycles. The van der Waals surface area contributed by atoms with E-state index >= 15 is 0 Å². The molecule has 0 fully saturated rings. The third-order valence-electron chi connectivity index (χ3n) is 1.44. The lowest BCUT2D eigenvalue weighted by Crippen LogP contribution is -2.33. The topological polar surface area (TPSA) is 85.1 Å². The van der Waals surface area contributed by atoms with Crippen LogP contribution in [-0.4, -0.2) is 23.3 Å². The number of amides is 2. The minimum Gasteiger partial charge on any atom is -0.368 e. The van der Waals surface area contributed by atoms with E-state index in [4.69, 9.17) is 5.73 Å². The highest BCUT2D eigenvalue weighted by atomic mass is 79.9. The summed E-state index contributed by atoms with van der Waals surface area (Å²) in [7, 11) is 0. The number of primary amides is 1. The zero-order chi connectivity index (χ0) is 10.6. The van der Waals surface area contributed by atoms with Crippen molar-refractivity contribution in [3.8, 4) is 0 Å². The van der Waals surface area contributed by atoms with Gasteiger partial charge in [-0.3, -0.25) is 14.6 Å². The summed E-state index contributed by atoms with van der Waals surface area (Å²) in [6, 6.07) is 1.54. The van der Waals surface area contributed by atoms with Crippen LogP contribution in [0, 0.1) is 0 Å². The normalized spacial score (nSPS) is 9.50. The van der Waals surface area contributed by atoms with Crippen LogP contribution in [0.3, 0.4) is 0 Å². The van der Waals surface area contributed by atoms with Crippen LogP contribution in [0.2, 0.25) is 0 Å². The Morgan fingerprint density at radius 2 is 2.29 bits per heavy atom. The van der Waals surface area contributed by atoms with Gasteiger partial charge in [-0.1, -0.05) is 0 Å². The number of hydrogen-bond donors (Lipinski definition) is 2. The lowest BCUT2D eigenvalue weighted by molar-refractivity contribution is -0.117. The molecule has 0 aliphatic rings. The molecule has 0 saturated heterocycles. The third kappa shape index (κ3) is 2.81. The van der Waals surface area contributed by atoms with Gasteiger partial charge >= 0.3 is 0 Å². The molecule has 1 aromatic rings. The molecule has 14 heavy (non-hydrogen) atoms. The van der Waals surface area contributed by atoms with Gasteiger partial charge in [-0.05, 0) is 22.0 Å². The first kappa shape index (κ1) is 10.6. The molecule has 1 heterocycles. The molecule has 0 aliphatic heterocycles. The van der Waals surface area contributed by atoms with Gasteiger partial charge in [-0.2, -0.15) is 0 Å². The lowest BCUT2D eigenvalue weighted by Gasteiger charge is -2.03. The summed E-state index contributed by atoms with van der Waals surface area (Å²) in [5.74, 6) is -0.943. The summed E-state index contributed by atoms with van der Waals surface area (Å²) >= 11 is 3.16. The fourth-order valence-corrected chi connectivity index (χ4v) is 1.25. The molecule has 3 N–H and O–H groups in total. The number of carbonyl (C=O) groups excluding carboxylic acids is 2. The molecule has 0 bridgehead atoms. The van der Waals surface area contributed by atoms with Gasteiger partial charge in [0.05, 0.1) is 12.1 Å². The predicted molar refractivity (Wildman–Crippen MR) is 53.5 cm³/mol. The summed E-state index contributed by atoms with van der Waals surface area (Å²) < 4.78 is 0.571. The third-order valence-corrected chi connectivity index (χ3v) is 2.07. The highest BCUT2D eigenvalue weighted by molar-refractivity contribution is 9.10. The Labute approximate surface area is 88.8 Å². The molecule has 0 unspecified atom stereocenters. The Morgan fingerprint density at radius 3 is 2.86 bits per heavy atom. The van der Waals surface area contributed by atoms with E-state index < -0.39 is 5.91 Å². The Balaban J connectivity index is 2.70. The molecule has 0 saturated carbocycles. The van der Waals surface area contributed by atoms with Crippen molar-refractivity contribution in [2.24, 2.45) is 5.73 Å². The van der Waals surface area contributed by atoms with Crippen LogP contribution in [0.1, 0.15) is 10.4 Å². The standard InChI is InChI=1S/C8H8BrN3O2/c9-6-3-11-2-1-5(6)8(14)12-4-7(10)13/h1-3H,4H2,(H2,10,13)(H,12,14). The average Bonchev–Trinajstić information content (AvgIpc) is 2.15. The fourth-order valence-electron chi connectivity index (χ4n) is 0.822. The first-order chi connectivity index (χ1) is 6.61. The van der Waals surface area contributed by atoms with E-state index in [-0.39, 0.29) is 12.5 Å². The SMILES string of the molecule is NC(=O)CNC(=O)c1ccncc1Br. The van der Waals surface area contributed by atoms with Crippen molar-refractivity contribution in [1.29, 1.82) is 0 Å². The molecule has 74 valence electrons. The van der Waals surface area contributed by atoms with E-state index in [0.717, 1.165) is 0 Å². The van der Waals surface area contributed by atoms with Gasteiger partial charge in [0.1, 0.15) is 0 Å². The molecule has 0 aliphatic carbocycles. The van der Waals surface area contributed by atoms with Crippen LogP contribution in [0.5, 0.6) is 0 Å². The number of nitrogens with zero attached hydrogens (tertiary/aromatic N) is 1. The fraction of sp³-hybridized carbons (Fsp3) is 0.125. The van der Waals surface area contributed by atoms with E-state index in [1.807, 2.05) is 0 Å². The van der Waals surface area contributed by atoms with Crippen LogP contribution < -0.4 is 11.1 Å². The van der Waals surface area contributed by atoms with E-state index in [2.05, 4.69) is 26.2 Å². The second-order valence-electron chi connectivity index (χ2n) is 2.50. The van der Waals surface area contributed by atoms with E-state index in [9.17, 15) is 9.59 Å². The molecule has 0 radical (unpaired) electrons. The Bertz CT molecular complexity index is 367. The smallest absolute Gasteiger partial charge is 0.252 e. The second kappa shape index (κ2) is 4.71. The molecule has 1 rings (SSSR count). The number of aromatic nitrogens is 1. The summed E-state index contributed by atoms with van der Waals surface area (Å²) in [5, 5.41) is 2.37. The van der Waals surface area contributed by atoms with Gasteiger partial charge in [0.2, 0.25) is 5.91 Å². The number of hydrogen-bond acceptors (Lipinski definition) is 3. The van der Waals surface area contributed by atoms with Crippen LogP contribution in [0.4, 0.5) is 0 Å². The van der Waals surface area contributed by atoms with Gasteiger partial charge in [-0.25, -0.2) is 0 Å². The molecule has 0 atom stereocenters. The molecular weight excluding hydrogens is 250 g/mol. The first-order valence-corrected chi connectivity index (χ1v) is 4.56. The monoisotopic (exact) mass is 257 g/mol. The number of nitrogens with two attached hydrogens (primary N) is 1. The summed E-state index contributed by atoms with van der Waals surface area (Å²) in [6.45, 7) is -0.173. The Kier molecular flexibility index (Phi) is 3.58. The van der Waals surface area contributed by atoms with Crippen LogP contribution in [-0.2, 0) is 4.79 Å². The summed E-state index contributed by atoms with van der Waals surface area (Å²) in [6.07, 6.45) is 2.99. The molecular formula is C8H8BrN3O2. The first-order valence-electron chi connectivity index (χ1n) is 3.77. The van der Waals surface area contributed by atoms with Crippen molar-refractivity contribution >= 4 is 27.7 Å². The maximum Gasteiger partial charge on any atom is 0.252 e. The Hall–Kier alpha value is -1.43. The molecule has 1 aromatic heterocycles. The molecule has 5 nitrogen and oxygen atoms in total. The predicted octanol–water partition coefficient (Wildman–Crippen LogP) is 0.0592. The number of halogens is 1. The van der Waals surface area contributed by atoms with E-state index in [1.54, 1.807) is 6.07 Å². The van der Waals surface area contributed by atoms with Gasteiger partial charge in [0.15, 0.2) is 0 Å². The highest BCUT2D eigenvalue weighted by Gasteiger charge is 2.09. The highest BCUT2D eigenvalue weighted by Crippen LogP contribution is 2.13. The number of pyridine rings is 1. The van der Waals surface area contributed by atoms with Gasteiger partial charge < -0.3 is 11.1 Å². The molecule has 0 spiro atoms. The van der Waals surface area contributed by atoms with Crippen molar-refractivity contribution in [3.63, 3.8) is 0 Å². The van der Waals surface area contributed by atoms with Crippen molar-refractivity contribution in [1.82, 2.24) is 10.3 Å². The number of carbonyl (C=O) groups is 2. The molecule has 2 amide bonds. The number of nitrogens with one attached hydrogen (secondary N) is 1. The zero-order valence-corrected chi connectivity index (χ0v) is 8.74. The van der Waals surface area contributed by atoms with Crippen LogP contribution in [0.25, 0.3) is 0 Å². The largest absolute Gasteiger partial charge is 0.368 e. The van der Waals surface area contributed by atoms with Crippen LogP contribution in [0.15, 0.2) is 22.9 Å². The van der Waals surface area contributed by atoms with Crippen molar-refractivity contribution in [2.75, 3.05) is 6.54 Å². The van der Waals surface area contributed by atoms with Crippen molar-refractivity contribution in [2.45, 2.75) is 0 Å².